The van der Waals surface area contributed by atoms with Gasteiger partial charge in [-0.1, -0.05) is 19.9 Å². The van der Waals surface area contributed by atoms with E-state index in [9.17, 15) is 14.4 Å². The van der Waals surface area contributed by atoms with Crippen LogP contribution in [-0.2, 0) is 9.59 Å². The SMILES string of the molecule is CC(C)C(=O)Nc1cccc(NC(=O)N2CCN(C(=O)C3CC3)CC2)c1. The maximum atomic E-state index is 12.5. The van der Waals surface area contributed by atoms with Crippen molar-refractivity contribution in [2.24, 2.45) is 11.8 Å². The third-order valence-electron chi connectivity index (χ3n) is 4.71. The molecule has 4 amide bonds. The summed E-state index contributed by atoms with van der Waals surface area (Å²) in [6.45, 7) is 5.91. The fraction of sp³-hybridized carbons (Fsp3) is 0.526. The van der Waals surface area contributed by atoms with E-state index in [1.54, 1.807) is 29.2 Å². The summed E-state index contributed by atoms with van der Waals surface area (Å²) >= 11 is 0. The summed E-state index contributed by atoms with van der Waals surface area (Å²) in [5.41, 5.74) is 1.29. The van der Waals surface area contributed by atoms with E-state index in [4.69, 9.17) is 0 Å². The lowest BCUT2D eigenvalue weighted by atomic mass is 10.2. The molecule has 7 nitrogen and oxygen atoms in total. The molecule has 1 aliphatic carbocycles. The molecule has 1 saturated heterocycles. The van der Waals surface area contributed by atoms with Crippen molar-refractivity contribution in [2.45, 2.75) is 26.7 Å². The number of amides is 4. The zero-order valence-corrected chi connectivity index (χ0v) is 15.3. The molecule has 2 N–H and O–H groups in total. The molecule has 26 heavy (non-hydrogen) atoms. The number of benzene rings is 1. The lowest BCUT2D eigenvalue weighted by molar-refractivity contribution is -0.133. The van der Waals surface area contributed by atoms with Crippen molar-refractivity contribution in [1.82, 2.24) is 9.80 Å². The van der Waals surface area contributed by atoms with E-state index in [-0.39, 0.29) is 29.7 Å². The second kappa shape index (κ2) is 7.76. The topological polar surface area (TPSA) is 81.8 Å². The number of nitrogens with zero attached hydrogens (tertiary/aromatic N) is 2. The van der Waals surface area contributed by atoms with Gasteiger partial charge in [-0.2, -0.15) is 0 Å². The third-order valence-corrected chi connectivity index (χ3v) is 4.71. The first-order valence-corrected chi connectivity index (χ1v) is 9.19. The van der Waals surface area contributed by atoms with Gasteiger partial charge in [0.1, 0.15) is 0 Å². The summed E-state index contributed by atoms with van der Waals surface area (Å²) in [4.78, 5) is 39.9. The van der Waals surface area contributed by atoms with Crippen LogP contribution in [-0.4, -0.2) is 53.8 Å². The molecule has 140 valence electrons. The average Bonchev–Trinajstić information content (AvgIpc) is 3.46. The molecule has 0 bridgehead atoms. The first-order chi connectivity index (χ1) is 12.4. The summed E-state index contributed by atoms with van der Waals surface area (Å²) in [6.07, 6.45) is 2.01. The minimum atomic E-state index is -0.184. The van der Waals surface area contributed by atoms with E-state index in [0.717, 1.165) is 12.8 Å². The Labute approximate surface area is 153 Å². The first kappa shape index (κ1) is 18.2. The standard InChI is InChI=1S/C19H26N4O3/c1-13(2)17(24)20-15-4-3-5-16(12-15)21-19(26)23-10-8-22(9-11-23)18(25)14-6-7-14/h3-5,12-14H,6-11H2,1-2H3,(H,20,24)(H,21,26). The highest BCUT2D eigenvalue weighted by Gasteiger charge is 2.35. The second-order valence-electron chi connectivity index (χ2n) is 7.24. The Morgan fingerprint density at radius 2 is 1.54 bits per heavy atom. The lowest BCUT2D eigenvalue weighted by Gasteiger charge is -2.34. The molecular formula is C19H26N4O3. The number of hydrogen-bond donors (Lipinski definition) is 2. The van der Waals surface area contributed by atoms with Crippen LogP contribution in [0, 0.1) is 11.8 Å². The largest absolute Gasteiger partial charge is 0.339 e. The normalized spacial score (nSPS) is 17.2. The fourth-order valence-corrected chi connectivity index (χ4v) is 2.88. The van der Waals surface area contributed by atoms with Crippen LogP contribution in [0.3, 0.4) is 0 Å². The Morgan fingerprint density at radius 3 is 2.12 bits per heavy atom. The molecule has 1 saturated carbocycles. The highest BCUT2D eigenvalue weighted by molar-refractivity contribution is 5.94. The van der Waals surface area contributed by atoms with Crippen molar-refractivity contribution in [1.29, 1.82) is 0 Å². The van der Waals surface area contributed by atoms with Crippen molar-refractivity contribution >= 4 is 29.2 Å². The van der Waals surface area contributed by atoms with Crippen molar-refractivity contribution in [3.63, 3.8) is 0 Å². The predicted octanol–water partition coefficient (Wildman–Crippen LogP) is 2.37. The van der Waals surface area contributed by atoms with Gasteiger partial charge in [-0.25, -0.2) is 4.79 Å². The summed E-state index contributed by atoms with van der Waals surface area (Å²) in [6, 6.07) is 6.92. The number of piperazine rings is 1. The van der Waals surface area contributed by atoms with Gasteiger partial charge in [0.25, 0.3) is 0 Å². The van der Waals surface area contributed by atoms with E-state index in [2.05, 4.69) is 10.6 Å². The van der Waals surface area contributed by atoms with Gasteiger partial charge in [-0.05, 0) is 31.0 Å². The smallest absolute Gasteiger partial charge is 0.321 e. The summed E-state index contributed by atoms with van der Waals surface area (Å²) < 4.78 is 0. The number of nitrogens with one attached hydrogen (secondary N) is 2. The molecule has 2 aliphatic rings. The molecule has 3 rings (SSSR count). The molecule has 0 radical (unpaired) electrons. The highest BCUT2D eigenvalue weighted by Crippen LogP contribution is 2.31. The molecule has 7 heteroatoms. The molecule has 1 aromatic carbocycles. The zero-order valence-electron chi connectivity index (χ0n) is 15.3. The fourth-order valence-electron chi connectivity index (χ4n) is 2.88. The van der Waals surface area contributed by atoms with E-state index in [1.165, 1.54) is 0 Å². The van der Waals surface area contributed by atoms with Gasteiger partial charge in [0.05, 0.1) is 0 Å². The van der Waals surface area contributed by atoms with Gasteiger partial charge in [-0.3, -0.25) is 9.59 Å². The van der Waals surface area contributed by atoms with Crippen LogP contribution in [0.2, 0.25) is 0 Å². The maximum Gasteiger partial charge on any atom is 0.321 e. The van der Waals surface area contributed by atoms with Crippen molar-refractivity contribution in [2.75, 3.05) is 36.8 Å². The van der Waals surface area contributed by atoms with E-state index in [0.29, 0.717) is 37.6 Å². The number of rotatable bonds is 4. The Hall–Kier alpha value is -2.57. The van der Waals surface area contributed by atoms with Crippen LogP contribution in [0.5, 0.6) is 0 Å². The predicted molar refractivity (Wildman–Crippen MR) is 99.8 cm³/mol. The number of anilines is 2. The molecule has 1 heterocycles. The number of carbonyl (C=O) groups is 3. The van der Waals surface area contributed by atoms with Crippen LogP contribution in [0.4, 0.5) is 16.2 Å². The van der Waals surface area contributed by atoms with Crippen LogP contribution < -0.4 is 10.6 Å². The van der Waals surface area contributed by atoms with Crippen molar-refractivity contribution in [3.8, 4) is 0 Å². The molecule has 0 unspecified atom stereocenters. The molecule has 2 fully saturated rings. The molecule has 0 aromatic heterocycles. The van der Waals surface area contributed by atoms with Crippen LogP contribution >= 0.6 is 0 Å². The van der Waals surface area contributed by atoms with Crippen molar-refractivity contribution in [3.05, 3.63) is 24.3 Å². The van der Waals surface area contributed by atoms with E-state index in [1.807, 2.05) is 18.7 Å². The Bertz CT molecular complexity index is 692. The van der Waals surface area contributed by atoms with Crippen LogP contribution in [0.15, 0.2) is 24.3 Å². The lowest BCUT2D eigenvalue weighted by Crippen LogP contribution is -2.52. The van der Waals surface area contributed by atoms with E-state index >= 15 is 0 Å². The molecule has 0 spiro atoms. The van der Waals surface area contributed by atoms with Gasteiger partial charge in [0.2, 0.25) is 11.8 Å². The summed E-state index contributed by atoms with van der Waals surface area (Å²) in [5.74, 6) is 0.283. The number of hydrogen-bond acceptors (Lipinski definition) is 3. The molecule has 0 atom stereocenters. The Morgan fingerprint density at radius 1 is 0.962 bits per heavy atom. The minimum Gasteiger partial charge on any atom is -0.339 e. The number of carbonyl (C=O) groups excluding carboxylic acids is 3. The molecule has 1 aromatic rings. The monoisotopic (exact) mass is 358 g/mol. The second-order valence-corrected chi connectivity index (χ2v) is 7.24. The quantitative estimate of drug-likeness (QED) is 0.867. The minimum absolute atomic E-state index is 0.0649. The van der Waals surface area contributed by atoms with Gasteiger partial charge in [-0.15, -0.1) is 0 Å². The van der Waals surface area contributed by atoms with Gasteiger partial charge < -0.3 is 20.4 Å². The van der Waals surface area contributed by atoms with Crippen LogP contribution in [0.25, 0.3) is 0 Å². The van der Waals surface area contributed by atoms with Gasteiger partial charge >= 0.3 is 6.03 Å². The van der Waals surface area contributed by atoms with Gasteiger partial charge in [0.15, 0.2) is 0 Å². The van der Waals surface area contributed by atoms with Crippen LogP contribution in [0.1, 0.15) is 26.7 Å². The zero-order chi connectivity index (χ0) is 18.7. The van der Waals surface area contributed by atoms with E-state index < -0.39 is 0 Å². The number of urea groups is 1. The Kier molecular flexibility index (Phi) is 5.44. The summed E-state index contributed by atoms with van der Waals surface area (Å²) in [5, 5.41) is 5.69. The first-order valence-electron chi connectivity index (χ1n) is 9.19. The Balaban J connectivity index is 1.52. The maximum absolute atomic E-state index is 12.5. The highest BCUT2D eigenvalue weighted by atomic mass is 16.2. The summed E-state index contributed by atoms with van der Waals surface area (Å²) in [7, 11) is 0. The average molecular weight is 358 g/mol. The van der Waals surface area contributed by atoms with Crippen molar-refractivity contribution < 1.29 is 14.4 Å². The van der Waals surface area contributed by atoms with Gasteiger partial charge in [0, 0.05) is 49.4 Å². The molecular weight excluding hydrogens is 332 g/mol. The third kappa shape index (κ3) is 4.53. The molecule has 1 aliphatic heterocycles.